The molecule has 0 spiro atoms. The van der Waals surface area contributed by atoms with Crippen molar-refractivity contribution in [1.29, 1.82) is 0 Å². The fraction of sp³-hybridized carbons (Fsp3) is 0.545. The lowest BCUT2D eigenvalue weighted by atomic mass is 9.70. The molecule has 230 valence electrons. The van der Waals surface area contributed by atoms with Crippen LogP contribution in [0.15, 0.2) is 39.7 Å². The molecule has 2 fully saturated rings. The molecule has 0 aliphatic carbocycles. The third-order valence-electron chi connectivity index (χ3n) is 9.26. The lowest BCUT2D eigenvalue weighted by molar-refractivity contribution is -0.134. The summed E-state index contributed by atoms with van der Waals surface area (Å²) in [5.74, 6) is 0.0583. The Kier molecular flexibility index (Phi) is 9.27. The molecule has 2 saturated heterocycles. The van der Waals surface area contributed by atoms with Crippen LogP contribution in [0.4, 0.5) is 0 Å². The smallest absolute Gasteiger partial charge is 0.251 e. The Balaban J connectivity index is 1.55. The van der Waals surface area contributed by atoms with Crippen LogP contribution in [0.2, 0.25) is 0 Å². The maximum Gasteiger partial charge on any atom is 0.251 e. The third kappa shape index (κ3) is 6.50. The Morgan fingerprint density at radius 2 is 1.84 bits per heavy atom. The number of nitrogens with zero attached hydrogens (tertiary/aromatic N) is 3. The first-order valence-corrected chi connectivity index (χ1v) is 15.5. The van der Waals surface area contributed by atoms with E-state index in [0.717, 1.165) is 50.9 Å². The number of Topliss-reactive ketones (excluding diaryl/α,β-unsaturated/α-hetero) is 1. The minimum Gasteiger partial charge on any atom is -0.508 e. The van der Waals surface area contributed by atoms with Gasteiger partial charge in [-0.05, 0) is 98.6 Å². The third-order valence-corrected chi connectivity index (χ3v) is 9.26. The van der Waals surface area contributed by atoms with E-state index in [-0.39, 0.29) is 40.7 Å². The molecule has 10 nitrogen and oxygen atoms in total. The standard InChI is InChI=1S/C33H44N6O4/c1-5-35-32(43)26-14-20(12-22-15-21(6-9-36-22)31(42)33(4)7-10-34-11-8-33)13-25(30(26)27-18-37-39-38-27)24-16-23(19(2)3)28(40)17-29(24)41/h13-14,16-19,21-22,27,34,36,40-41H,5-12,15H2,1-4H3,(H,35,43). The molecule has 10 heteroatoms. The number of phenolic OH excluding ortho intramolecular Hbond substituents is 2. The zero-order chi connectivity index (χ0) is 30.7. The van der Waals surface area contributed by atoms with Gasteiger partial charge in [0, 0.05) is 46.7 Å². The lowest BCUT2D eigenvalue weighted by Gasteiger charge is -2.38. The number of rotatable bonds is 9. The van der Waals surface area contributed by atoms with Crippen molar-refractivity contribution in [2.75, 3.05) is 26.2 Å². The molecule has 5 N–H and O–H groups in total. The van der Waals surface area contributed by atoms with Crippen LogP contribution in [-0.2, 0) is 11.2 Å². The quantitative estimate of drug-likeness (QED) is 0.279. The first-order valence-electron chi connectivity index (χ1n) is 15.5. The average Bonchev–Trinajstić information content (AvgIpc) is 3.51. The second kappa shape index (κ2) is 12.9. The average molecular weight is 589 g/mol. The highest BCUT2D eigenvalue weighted by atomic mass is 16.3. The lowest BCUT2D eigenvalue weighted by Crippen LogP contribution is -2.48. The van der Waals surface area contributed by atoms with E-state index < -0.39 is 6.04 Å². The normalized spacial score (nSPS) is 23.0. The summed E-state index contributed by atoms with van der Waals surface area (Å²) in [6.45, 7) is 10.9. The monoisotopic (exact) mass is 588 g/mol. The number of hydrogen-bond acceptors (Lipinski definition) is 9. The highest BCUT2D eigenvalue weighted by Gasteiger charge is 2.40. The summed E-state index contributed by atoms with van der Waals surface area (Å²) in [7, 11) is 0. The first-order chi connectivity index (χ1) is 20.6. The number of carbonyl (C=O) groups is 2. The summed E-state index contributed by atoms with van der Waals surface area (Å²) in [6.07, 6.45) is 5.51. The number of benzene rings is 2. The van der Waals surface area contributed by atoms with Gasteiger partial charge in [0.2, 0.25) is 0 Å². The summed E-state index contributed by atoms with van der Waals surface area (Å²) in [5.41, 5.74) is 3.50. The van der Waals surface area contributed by atoms with Gasteiger partial charge in [-0.2, -0.15) is 5.11 Å². The second-order valence-electron chi connectivity index (χ2n) is 12.7. The van der Waals surface area contributed by atoms with E-state index >= 15 is 0 Å². The van der Waals surface area contributed by atoms with Gasteiger partial charge in [0.25, 0.3) is 5.91 Å². The van der Waals surface area contributed by atoms with Gasteiger partial charge in [0.15, 0.2) is 0 Å². The van der Waals surface area contributed by atoms with E-state index in [2.05, 4.69) is 38.3 Å². The molecular weight excluding hydrogens is 544 g/mol. The zero-order valence-electron chi connectivity index (χ0n) is 25.6. The number of phenols is 2. The summed E-state index contributed by atoms with van der Waals surface area (Å²) < 4.78 is 0. The van der Waals surface area contributed by atoms with Crippen molar-refractivity contribution in [3.8, 4) is 22.6 Å². The van der Waals surface area contributed by atoms with Crippen LogP contribution in [0.25, 0.3) is 11.1 Å². The molecule has 3 atom stereocenters. The Morgan fingerprint density at radius 3 is 2.51 bits per heavy atom. The Bertz CT molecular complexity index is 1420. The highest BCUT2D eigenvalue weighted by molar-refractivity contribution is 6.00. The number of hydrogen-bond donors (Lipinski definition) is 5. The molecule has 0 bridgehead atoms. The van der Waals surface area contributed by atoms with E-state index in [4.69, 9.17) is 0 Å². The van der Waals surface area contributed by atoms with Crippen molar-refractivity contribution in [3.63, 3.8) is 0 Å². The molecule has 0 radical (unpaired) electrons. The van der Waals surface area contributed by atoms with Gasteiger partial charge in [0.1, 0.15) is 23.3 Å². The molecule has 3 unspecified atom stereocenters. The van der Waals surface area contributed by atoms with Crippen molar-refractivity contribution in [3.05, 3.63) is 46.5 Å². The van der Waals surface area contributed by atoms with Crippen molar-refractivity contribution in [2.45, 2.75) is 77.8 Å². The number of ketones is 1. The molecule has 2 aromatic carbocycles. The Hall–Kier alpha value is -3.63. The van der Waals surface area contributed by atoms with Gasteiger partial charge in [-0.15, -0.1) is 5.10 Å². The Morgan fingerprint density at radius 1 is 1.07 bits per heavy atom. The predicted molar refractivity (Wildman–Crippen MR) is 167 cm³/mol. The number of amides is 1. The molecule has 5 rings (SSSR count). The first kappa shape index (κ1) is 30.8. The summed E-state index contributed by atoms with van der Waals surface area (Å²) in [4.78, 5) is 27.2. The molecule has 0 aromatic heterocycles. The van der Waals surface area contributed by atoms with Crippen LogP contribution >= 0.6 is 0 Å². The van der Waals surface area contributed by atoms with E-state index in [9.17, 15) is 19.8 Å². The van der Waals surface area contributed by atoms with Gasteiger partial charge in [-0.1, -0.05) is 26.8 Å². The van der Waals surface area contributed by atoms with Crippen LogP contribution < -0.4 is 16.0 Å². The van der Waals surface area contributed by atoms with Gasteiger partial charge in [-0.3, -0.25) is 9.59 Å². The highest BCUT2D eigenvalue weighted by Crippen LogP contribution is 2.43. The van der Waals surface area contributed by atoms with Crippen molar-refractivity contribution in [1.82, 2.24) is 16.0 Å². The second-order valence-corrected chi connectivity index (χ2v) is 12.7. The fourth-order valence-electron chi connectivity index (χ4n) is 6.83. The van der Waals surface area contributed by atoms with Crippen molar-refractivity contribution >= 4 is 17.9 Å². The Labute approximate surface area is 253 Å². The van der Waals surface area contributed by atoms with Gasteiger partial charge in [-0.25, -0.2) is 0 Å². The van der Waals surface area contributed by atoms with Crippen LogP contribution in [0.1, 0.15) is 92.4 Å². The van der Waals surface area contributed by atoms with Gasteiger partial charge in [0.05, 0.1) is 6.21 Å². The number of piperidine rings is 2. The zero-order valence-corrected chi connectivity index (χ0v) is 25.6. The topological polar surface area (TPSA) is 148 Å². The van der Waals surface area contributed by atoms with Crippen LogP contribution in [0.5, 0.6) is 11.5 Å². The molecule has 0 saturated carbocycles. The molecule has 2 aromatic rings. The fourth-order valence-corrected chi connectivity index (χ4v) is 6.83. The number of aromatic hydroxyl groups is 2. The minimum absolute atomic E-state index is 0.000749. The SMILES string of the molecule is CCNC(=O)c1cc(CC2CC(C(=O)C3(C)CCNCC3)CCN2)cc(-c2cc(C(C)C)c(O)cc2O)c1C1C=NN=N1. The maximum absolute atomic E-state index is 13.7. The van der Waals surface area contributed by atoms with Crippen LogP contribution in [-0.4, -0.2) is 60.3 Å². The van der Waals surface area contributed by atoms with E-state index in [1.807, 2.05) is 32.9 Å². The van der Waals surface area contributed by atoms with Crippen LogP contribution in [0.3, 0.4) is 0 Å². The molecule has 3 aliphatic heterocycles. The van der Waals surface area contributed by atoms with Gasteiger partial charge >= 0.3 is 0 Å². The summed E-state index contributed by atoms with van der Waals surface area (Å²) >= 11 is 0. The van der Waals surface area contributed by atoms with E-state index in [1.54, 1.807) is 12.3 Å². The maximum atomic E-state index is 13.7. The van der Waals surface area contributed by atoms with Crippen molar-refractivity contribution in [2.24, 2.45) is 26.8 Å². The molecule has 3 aliphatic rings. The molecule has 1 amide bonds. The van der Waals surface area contributed by atoms with E-state index in [1.165, 1.54) is 6.07 Å². The summed E-state index contributed by atoms with van der Waals surface area (Å²) in [6, 6.07) is 6.50. The molecular formula is C33H44N6O4. The largest absolute Gasteiger partial charge is 0.508 e. The summed E-state index contributed by atoms with van der Waals surface area (Å²) in [5, 5.41) is 43.6. The number of nitrogens with one attached hydrogen (secondary N) is 3. The van der Waals surface area contributed by atoms with Crippen molar-refractivity contribution < 1.29 is 19.8 Å². The molecule has 43 heavy (non-hydrogen) atoms. The minimum atomic E-state index is -0.599. The molecule has 3 heterocycles. The predicted octanol–water partition coefficient (Wildman–Crippen LogP) is 5.00. The number of carbonyl (C=O) groups excluding carboxylic acids is 2. The van der Waals surface area contributed by atoms with E-state index in [0.29, 0.717) is 46.6 Å². The van der Waals surface area contributed by atoms with Crippen LogP contribution in [0, 0.1) is 11.3 Å². The van der Waals surface area contributed by atoms with Gasteiger partial charge < -0.3 is 26.2 Å².